The topological polar surface area (TPSA) is 56.1 Å². The number of hydrogen-bond acceptors (Lipinski definition) is 3. The fourth-order valence-corrected chi connectivity index (χ4v) is 2.97. The molecule has 128 valence electrons. The van der Waals surface area contributed by atoms with Crippen LogP contribution in [0.1, 0.15) is 16.1 Å². The number of amides is 1. The first-order chi connectivity index (χ1) is 12.0. The fraction of sp³-hybridized carbons (Fsp3) is 0.111. The molecule has 1 aromatic heterocycles. The zero-order chi connectivity index (χ0) is 18.0. The second-order valence-corrected chi connectivity index (χ2v) is 6.30. The molecule has 0 saturated heterocycles. The molecular weight excluding hydrogens is 389 g/mol. The van der Waals surface area contributed by atoms with Crippen molar-refractivity contribution in [3.63, 3.8) is 0 Å². The van der Waals surface area contributed by atoms with Crippen molar-refractivity contribution < 1.29 is 13.9 Å². The van der Waals surface area contributed by atoms with Gasteiger partial charge in [0.05, 0.1) is 18.5 Å². The van der Waals surface area contributed by atoms with Crippen LogP contribution in [0.25, 0.3) is 5.69 Å². The smallest absolute Gasteiger partial charge is 0.276 e. The lowest BCUT2D eigenvalue weighted by atomic mass is 10.2. The number of ether oxygens (including phenoxy) is 1. The Labute approximate surface area is 152 Å². The summed E-state index contributed by atoms with van der Waals surface area (Å²) in [6.07, 6.45) is 1.61. The highest BCUT2D eigenvalue weighted by atomic mass is 79.9. The highest BCUT2D eigenvalue weighted by molar-refractivity contribution is 9.10. The summed E-state index contributed by atoms with van der Waals surface area (Å²) in [5.74, 6) is -0.196. The summed E-state index contributed by atoms with van der Waals surface area (Å²) in [6.45, 7) is 1.87. The minimum atomic E-state index is -0.376. The standard InChI is InChI=1S/C18H15BrFN3O2/c1-11-8-12(19)9-16(25-2)17(11)21-18(24)15-6-7-23(22-15)14-5-3-4-13(20)10-14/h3-10H,1-2H3,(H,21,24). The van der Waals surface area contributed by atoms with Crippen LogP contribution in [0.15, 0.2) is 53.1 Å². The molecule has 3 rings (SSSR count). The quantitative estimate of drug-likeness (QED) is 0.704. The second kappa shape index (κ2) is 7.06. The summed E-state index contributed by atoms with van der Waals surface area (Å²) < 4.78 is 21.0. The van der Waals surface area contributed by atoms with E-state index in [2.05, 4.69) is 26.3 Å². The van der Waals surface area contributed by atoms with Crippen LogP contribution in [0, 0.1) is 12.7 Å². The van der Waals surface area contributed by atoms with Crippen LogP contribution in [0.3, 0.4) is 0 Å². The number of anilines is 1. The van der Waals surface area contributed by atoms with Crippen molar-refractivity contribution in [1.82, 2.24) is 9.78 Å². The molecule has 1 amide bonds. The Kier molecular flexibility index (Phi) is 4.85. The molecule has 5 nitrogen and oxygen atoms in total. The van der Waals surface area contributed by atoms with Crippen molar-refractivity contribution in [2.45, 2.75) is 6.92 Å². The number of carbonyl (C=O) groups is 1. The van der Waals surface area contributed by atoms with Crippen molar-refractivity contribution in [1.29, 1.82) is 0 Å². The highest BCUT2D eigenvalue weighted by Crippen LogP contribution is 2.32. The average Bonchev–Trinajstić information content (AvgIpc) is 3.07. The van der Waals surface area contributed by atoms with Gasteiger partial charge in [0.25, 0.3) is 5.91 Å². The lowest BCUT2D eigenvalue weighted by Gasteiger charge is -2.13. The molecule has 1 heterocycles. The zero-order valence-electron chi connectivity index (χ0n) is 13.6. The van der Waals surface area contributed by atoms with E-state index >= 15 is 0 Å². The Hall–Kier alpha value is -2.67. The van der Waals surface area contributed by atoms with Crippen LogP contribution < -0.4 is 10.1 Å². The SMILES string of the molecule is COc1cc(Br)cc(C)c1NC(=O)c1ccn(-c2cccc(F)c2)n1. The summed E-state index contributed by atoms with van der Waals surface area (Å²) in [5, 5.41) is 7.02. The summed E-state index contributed by atoms with van der Waals surface area (Å²) >= 11 is 3.40. The summed E-state index contributed by atoms with van der Waals surface area (Å²) in [4.78, 5) is 12.5. The summed E-state index contributed by atoms with van der Waals surface area (Å²) in [7, 11) is 1.54. The van der Waals surface area contributed by atoms with E-state index in [4.69, 9.17) is 4.74 Å². The summed E-state index contributed by atoms with van der Waals surface area (Å²) in [6, 6.07) is 11.2. The van der Waals surface area contributed by atoms with Crippen molar-refractivity contribution in [2.24, 2.45) is 0 Å². The first-order valence-corrected chi connectivity index (χ1v) is 8.24. The second-order valence-electron chi connectivity index (χ2n) is 5.38. The third-order valence-corrected chi connectivity index (χ3v) is 4.07. The number of aryl methyl sites for hydroxylation is 1. The van der Waals surface area contributed by atoms with Gasteiger partial charge in [-0.15, -0.1) is 0 Å². The molecule has 0 aliphatic rings. The number of halogens is 2. The third-order valence-electron chi connectivity index (χ3n) is 3.62. The van der Waals surface area contributed by atoms with Crippen LogP contribution >= 0.6 is 15.9 Å². The molecule has 0 radical (unpaired) electrons. The van der Waals surface area contributed by atoms with E-state index in [0.29, 0.717) is 17.1 Å². The van der Waals surface area contributed by atoms with Crippen LogP contribution in [-0.2, 0) is 0 Å². The van der Waals surface area contributed by atoms with Gasteiger partial charge in [-0.3, -0.25) is 4.79 Å². The highest BCUT2D eigenvalue weighted by Gasteiger charge is 2.15. The Morgan fingerprint density at radius 2 is 2.08 bits per heavy atom. The summed E-state index contributed by atoms with van der Waals surface area (Å²) in [5.41, 5.74) is 2.19. The molecule has 25 heavy (non-hydrogen) atoms. The van der Waals surface area contributed by atoms with Gasteiger partial charge in [-0.25, -0.2) is 9.07 Å². The van der Waals surface area contributed by atoms with Gasteiger partial charge in [-0.2, -0.15) is 5.10 Å². The van der Waals surface area contributed by atoms with Crippen molar-refractivity contribution in [2.75, 3.05) is 12.4 Å². The molecule has 0 unspecified atom stereocenters. The molecule has 0 aliphatic carbocycles. The van der Waals surface area contributed by atoms with Crippen molar-refractivity contribution >= 4 is 27.5 Å². The number of hydrogen-bond donors (Lipinski definition) is 1. The first-order valence-electron chi connectivity index (χ1n) is 7.45. The van der Waals surface area contributed by atoms with E-state index in [1.54, 1.807) is 30.5 Å². The Bertz CT molecular complexity index is 940. The molecule has 7 heteroatoms. The van der Waals surface area contributed by atoms with Crippen LogP contribution in [0.5, 0.6) is 5.75 Å². The molecule has 0 bridgehead atoms. The molecule has 0 aliphatic heterocycles. The van der Waals surface area contributed by atoms with Crippen LogP contribution in [0.4, 0.5) is 10.1 Å². The minimum absolute atomic E-state index is 0.216. The maximum atomic E-state index is 13.3. The van der Waals surface area contributed by atoms with Crippen LogP contribution in [0.2, 0.25) is 0 Å². The van der Waals surface area contributed by atoms with E-state index < -0.39 is 0 Å². The van der Waals surface area contributed by atoms with Crippen LogP contribution in [-0.4, -0.2) is 22.8 Å². The van der Waals surface area contributed by atoms with E-state index in [-0.39, 0.29) is 17.4 Å². The molecule has 2 aromatic carbocycles. The minimum Gasteiger partial charge on any atom is -0.495 e. The molecular formula is C18H15BrFN3O2. The number of nitrogens with one attached hydrogen (secondary N) is 1. The number of methoxy groups -OCH3 is 1. The average molecular weight is 404 g/mol. The van der Waals surface area contributed by atoms with E-state index in [0.717, 1.165) is 10.0 Å². The Morgan fingerprint density at radius 3 is 2.80 bits per heavy atom. The number of carbonyl (C=O) groups excluding carboxylic acids is 1. The van der Waals surface area contributed by atoms with E-state index in [1.807, 2.05) is 13.0 Å². The number of aromatic nitrogens is 2. The van der Waals surface area contributed by atoms with E-state index in [1.165, 1.54) is 23.9 Å². The maximum Gasteiger partial charge on any atom is 0.276 e. The van der Waals surface area contributed by atoms with Gasteiger partial charge in [0, 0.05) is 10.7 Å². The molecule has 3 aromatic rings. The maximum absolute atomic E-state index is 13.3. The van der Waals surface area contributed by atoms with Gasteiger partial charge in [0.15, 0.2) is 5.69 Å². The molecule has 0 atom stereocenters. The predicted octanol–water partition coefficient (Wildman–Crippen LogP) is 4.34. The van der Waals surface area contributed by atoms with Crippen molar-refractivity contribution in [3.8, 4) is 11.4 Å². The van der Waals surface area contributed by atoms with Gasteiger partial charge in [-0.05, 0) is 48.9 Å². The lowest BCUT2D eigenvalue weighted by Crippen LogP contribution is -2.15. The number of rotatable bonds is 4. The first kappa shape index (κ1) is 17.2. The molecule has 1 N–H and O–H groups in total. The third kappa shape index (κ3) is 3.71. The van der Waals surface area contributed by atoms with E-state index in [9.17, 15) is 9.18 Å². The monoisotopic (exact) mass is 403 g/mol. The van der Waals surface area contributed by atoms with Gasteiger partial charge in [0.1, 0.15) is 11.6 Å². The predicted molar refractivity (Wildman–Crippen MR) is 96.9 cm³/mol. The van der Waals surface area contributed by atoms with Gasteiger partial charge in [-0.1, -0.05) is 22.0 Å². The largest absolute Gasteiger partial charge is 0.495 e. The van der Waals surface area contributed by atoms with Gasteiger partial charge < -0.3 is 10.1 Å². The molecule has 0 spiro atoms. The Morgan fingerprint density at radius 1 is 1.28 bits per heavy atom. The van der Waals surface area contributed by atoms with Gasteiger partial charge in [0.2, 0.25) is 0 Å². The van der Waals surface area contributed by atoms with Crippen molar-refractivity contribution in [3.05, 3.63) is 70.2 Å². The fourth-order valence-electron chi connectivity index (χ4n) is 2.42. The number of nitrogens with zero attached hydrogens (tertiary/aromatic N) is 2. The van der Waals surface area contributed by atoms with Gasteiger partial charge >= 0.3 is 0 Å². The molecule has 0 fully saturated rings. The zero-order valence-corrected chi connectivity index (χ0v) is 15.2. The molecule has 0 saturated carbocycles. The normalized spacial score (nSPS) is 10.6. The number of benzene rings is 2. The Balaban J connectivity index is 1.86. The lowest BCUT2D eigenvalue weighted by molar-refractivity contribution is 0.102.